The van der Waals surface area contributed by atoms with E-state index in [0.717, 1.165) is 60.7 Å². The number of benzene rings is 2. The van der Waals surface area contributed by atoms with Crippen LogP contribution in [0.1, 0.15) is 41.5 Å². The largest absolute Gasteiger partial charge is 0.497 e. The third kappa shape index (κ3) is 5.80. The minimum absolute atomic E-state index is 0.0437. The number of piperidine rings is 1. The molecule has 9 nitrogen and oxygen atoms in total. The smallest absolute Gasteiger partial charge is 0.315 e. The molecule has 2 amide bonds. The first-order valence-electron chi connectivity index (χ1n) is 12.2. The fourth-order valence-electron chi connectivity index (χ4n) is 4.67. The number of carbonyl (C=O) groups is 1. The van der Waals surface area contributed by atoms with E-state index >= 15 is 0 Å². The molecule has 9 heteroatoms. The number of methoxy groups -OCH3 is 1. The summed E-state index contributed by atoms with van der Waals surface area (Å²) in [6.45, 7) is 4.25. The van der Waals surface area contributed by atoms with Gasteiger partial charge in [0.25, 0.3) is 0 Å². The number of amides is 2. The SMILES string of the molecule is COc1ccc([C@H]2Cn3nnc(CN4CCC(NC(=O)NCc5ccccc5)CC4)c3CO2)cc1. The van der Waals surface area contributed by atoms with Crippen LogP contribution in [0.2, 0.25) is 0 Å². The maximum absolute atomic E-state index is 12.3. The molecule has 1 aromatic heterocycles. The summed E-state index contributed by atoms with van der Waals surface area (Å²) in [6.07, 6.45) is 1.79. The van der Waals surface area contributed by atoms with E-state index in [-0.39, 0.29) is 18.2 Å². The fourth-order valence-corrected chi connectivity index (χ4v) is 4.67. The zero-order valence-corrected chi connectivity index (χ0v) is 20.0. The van der Waals surface area contributed by atoms with Crippen molar-refractivity contribution in [2.24, 2.45) is 0 Å². The van der Waals surface area contributed by atoms with Crippen LogP contribution in [0, 0.1) is 0 Å². The van der Waals surface area contributed by atoms with E-state index < -0.39 is 0 Å². The van der Waals surface area contributed by atoms with Gasteiger partial charge in [-0.1, -0.05) is 47.7 Å². The predicted molar refractivity (Wildman–Crippen MR) is 131 cm³/mol. The van der Waals surface area contributed by atoms with E-state index in [1.54, 1.807) is 7.11 Å². The van der Waals surface area contributed by atoms with Gasteiger partial charge < -0.3 is 20.1 Å². The van der Waals surface area contributed by atoms with Gasteiger partial charge in [0.05, 0.1) is 26.0 Å². The third-order valence-corrected chi connectivity index (χ3v) is 6.76. The highest BCUT2D eigenvalue weighted by Crippen LogP contribution is 2.28. The predicted octanol–water partition coefficient (Wildman–Crippen LogP) is 3.02. The second kappa shape index (κ2) is 10.9. The van der Waals surface area contributed by atoms with E-state index in [1.807, 2.05) is 59.3 Å². The van der Waals surface area contributed by atoms with Crippen molar-refractivity contribution in [3.63, 3.8) is 0 Å². The Morgan fingerprint density at radius 2 is 1.89 bits per heavy atom. The second-order valence-electron chi connectivity index (χ2n) is 9.10. The van der Waals surface area contributed by atoms with Crippen LogP contribution < -0.4 is 15.4 Å². The van der Waals surface area contributed by atoms with Crippen molar-refractivity contribution in [3.05, 3.63) is 77.1 Å². The minimum Gasteiger partial charge on any atom is -0.497 e. The molecule has 2 aliphatic heterocycles. The van der Waals surface area contributed by atoms with Gasteiger partial charge >= 0.3 is 6.03 Å². The van der Waals surface area contributed by atoms with Gasteiger partial charge in [-0.2, -0.15) is 0 Å². The van der Waals surface area contributed by atoms with Gasteiger partial charge in [-0.3, -0.25) is 4.90 Å². The van der Waals surface area contributed by atoms with E-state index in [0.29, 0.717) is 19.7 Å². The van der Waals surface area contributed by atoms with E-state index in [9.17, 15) is 4.79 Å². The second-order valence-corrected chi connectivity index (χ2v) is 9.10. The number of nitrogens with zero attached hydrogens (tertiary/aromatic N) is 4. The van der Waals surface area contributed by atoms with Crippen molar-refractivity contribution in [2.75, 3.05) is 20.2 Å². The third-order valence-electron chi connectivity index (χ3n) is 6.76. The van der Waals surface area contributed by atoms with E-state index in [2.05, 4.69) is 25.8 Å². The summed E-state index contributed by atoms with van der Waals surface area (Å²) >= 11 is 0. The number of nitrogens with one attached hydrogen (secondary N) is 2. The molecule has 0 aliphatic carbocycles. The Bertz CT molecular complexity index is 1110. The Morgan fingerprint density at radius 3 is 2.63 bits per heavy atom. The molecule has 35 heavy (non-hydrogen) atoms. The van der Waals surface area contributed by atoms with Gasteiger partial charge in [-0.25, -0.2) is 9.48 Å². The van der Waals surface area contributed by atoms with Gasteiger partial charge in [-0.15, -0.1) is 5.10 Å². The highest BCUT2D eigenvalue weighted by Gasteiger charge is 2.27. The van der Waals surface area contributed by atoms with Crippen LogP contribution in [-0.4, -0.2) is 52.2 Å². The van der Waals surface area contributed by atoms with Gasteiger partial charge in [-0.05, 0) is 36.1 Å². The van der Waals surface area contributed by atoms with E-state index in [4.69, 9.17) is 9.47 Å². The Hall–Kier alpha value is -3.43. The molecular formula is C26H32N6O3. The van der Waals surface area contributed by atoms with Gasteiger partial charge in [0.2, 0.25) is 0 Å². The highest BCUT2D eigenvalue weighted by atomic mass is 16.5. The maximum Gasteiger partial charge on any atom is 0.315 e. The zero-order valence-electron chi connectivity index (χ0n) is 20.0. The molecule has 0 spiro atoms. The van der Waals surface area contributed by atoms with Crippen LogP contribution in [0.15, 0.2) is 54.6 Å². The summed E-state index contributed by atoms with van der Waals surface area (Å²) in [5, 5.41) is 14.9. The van der Waals surface area contributed by atoms with Crippen LogP contribution in [0.4, 0.5) is 4.79 Å². The number of hydrogen-bond acceptors (Lipinski definition) is 6. The quantitative estimate of drug-likeness (QED) is 0.545. The van der Waals surface area contributed by atoms with Gasteiger partial charge in [0, 0.05) is 32.2 Å². The molecule has 1 fully saturated rings. The van der Waals surface area contributed by atoms with Gasteiger partial charge in [0.15, 0.2) is 0 Å². The van der Waals surface area contributed by atoms with Crippen molar-refractivity contribution in [1.82, 2.24) is 30.5 Å². The Labute approximate surface area is 205 Å². The molecule has 5 rings (SSSR count). The number of ether oxygens (including phenoxy) is 2. The van der Waals surface area contributed by atoms with Crippen LogP contribution in [0.3, 0.4) is 0 Å². The van der Waals surface area contributed by atoms with Crippen molar-refractivity contribution in [3.8, 4) is 5.75 Å². The highest BCUT2D eigenvalue weighted by molar-refractivity contribution is 5.74. The fraction of sp³-hybridized carbons (Fsp3) is 0.423. The Morgan fingerprint density at radius 1 is 1.11 bits per heavy atom. The maximum atomic E-state index is 12.3. The normalized spacial score (nSPS) is 18.6. The lowest BCUT2D eigenvalue weighted by Gasteiger charge is -2.32. The monoisotopic (exact) mass is 476 g/mol. The van der Waals surface area contributed by atoms with E-state index in [1.165, 1.54) is 0 Å². The Balaban J connectivity index is 1.08. The van der Waals surface area contributed by atoms with Crippen molar-refractivity contribution in [2.45, 2.75) is 51.2 Å². The van der Waals surface area contributed by atoms with Crippen LogP contribution in [-0.2, 0) is 31.0 Å². The van der Waals surface area contributed by atoms with Crippen LogP contribution in [0.25, 0.3) is 0 Å². The number of urea groups is 1. The first-order valence-corrected chi connectivity index (χ1v) is 12.2. The molecule has 3 heterocycles. The number of hydrogen-bond donors (Lipinski definition) is 2. The molecule has 2 N–H and O–H groups in total. The number of aromatic nitrogens is 3. The molecule has 0 bridgehead atoms. The molecule has 3 aromatic rings. The average Bonchev–Trinajstić information content (AvgIpc) is 3.31. The zero-order chi connectivity index (χ0) is 24.0. The standard InChI is InChI=1S/C26H32N6O3/c1-34-22-9-7-20(8-10-22)25-17-32-24(18-35-25)23(29-30-32)16-31-13-11-21(12-14-31)28-26(33)27-15-19-5-3-2-4-6-19/h2-10,21,25H,11-18H2,1H3,(H2,27,28,33)/t25-/m1/s1. The molecule has 2 aliphatic rings. The van der Waals surface area contributed by atoms with Crippen molar-refractivity contribution < 1.29 is 14.3 Å². The van der Waals surface area contributed by atoms with Crippen molar-refractivity contribution in [1.29, 1.82) is 0 Å². The summed E-state index contributed by atoms with van der Waals surface area (Å²) in [6, 6.07) is 18.0. The van der Waals surface area contributed by atoms with Crippen LogP contribution >= 0.6 is 0 Å². The lowest BCUT2D eigenvalue weighted by Crippen LogP contribution is -2.47. The summed E-state index contributed by atoms with van der Waals surface area (Å²) in [5.74, 6) is 0.833. The number of carbonyl (C=O) groups excluding carboxylic acids is 1. The molecule has 2 aromatic carbocycles. The first-order chi connectivity index (χ1) is 17.2. The summed E-state index contributed by atoms with van der Waals surface area (Å²) < 4.78 is 13.4. The molecule has 184 valence electrons. The van der Waals surface area contributed by atoms with Crippen molar-refractivity contribution >= 4 is 6.03 Å². The molecule has 0 radical (unpaired) electrons. The van der Waals surface area contributed by atoms with Gasteiger partial charge in [0.1, 0.15) is 17.5 Å². The summed E-state index contributed by atoms with van der Waals surface area (Å²) in [4.78, 5) is 14.6. The topological polar surface area (TPSA) is 93.5 Å². The van der Waals surface area contributed by atoms with Crippen LogP contribution in [0.5, 0.6) is 5.75 Å². The summed E-state index contributed by atoms with van der Waals surface area (Å²) in [7, 11) is 1.66. The molecule has 0 unspecified atom stereocenters. The minimum atomic E-state index is -0.108. The first kappa shape index (κ1) is 23.3. The number of fused-ring (bicyclic) bond motifs is 1. The molecule has 0 saturated carbocycles. The Kier molecular flexibility index (Phi) is 7.25. The lowest BCUT2D eigenvalue weighted by atomic mass is 10.0. The molecule has 1 atom stereocenters. The summed E-state index contributed by atoms with van der Waals surface area (Å²) in [5.41, 5.74) is 4.23. The number of likely N-dealkylation sites (tertiary alicyclic amines) is 1. The number of rotatable bonds is 7. The lowest BCUT2D eigenvalue weighted by molar-refractivity contribution is -0.00218. The molecule has 1 saturated heterocycles. The average molecular weight is 477 g/mol. The molecular weight excluding hydrogens is 444 g/mol.